The van der Waals surface area contributed by atoms with E-state index in [1.165, 1.54) is 11.0 Å². The highest BCUT2D eigenvalue weighted by molar-refractivity contribution is 7.92. The number of nitrogens with zero attached hydrogens (tertiary/aromatic N) is 2. The zero-order valence-corrected chi connectivity index (χ0v) is 20.7. The molecule has 1 aliphatic rings. The van der Waals surface area contributed by atoms with E-state index >= 15 is 0 Å². The van der Waals surface area contributed by atoms with Crippen LogP contribution in [0.25, 0.3) is 0 Å². The molecule has 3 rings (SSSR count). The monoisotopic (exact) mass is 489 g/mol. The Balaban J connectivity index is 1.89. The van der Waals surface area contributed by atoms with Gasteiger partial charge in [-0.05, 0) is 38.0 Å². The van der Waals surface area contributed by atoms with E-state index in [1.807, 2.05) is 38.1 Å². The highest BCUT2D eigenvalue weighted by atomic mass is 32.2. The zero-order chi connectivity index (χ0) is 24.9. The topological polar surface area (TPSA) is 105 Å². The van der Waals surface area contributed by atoms with Crippen LogP contribution < -0.4 is 19.1 Å². The molecule has 9 nitrogen and oxygen atoms in total. The number of amides is 2. The highest BCUT2D eigenvalue weighted by Crippen LogP contribution is 2.36. The van der Waals surface area contributed by atoms with Crippen molar-refractivity contribution in [2.45, 2.75) is 39.8 Å². The van der Waals surface area contributed by atoms with Crippen molar-refractivity contribution in [3.05, 3.63) is 53.6 Å². The number of hydrogen-bond acceptors (Lipinski definition) is 6. The Morgan fingerprint density at radius 2 is 1.76 bits per heavy atom. The third kappa shape index (κ3) is 6.19. The smallest absolute Gasteiger partial charge is 0.244 e. The van der Waals surface area contributed by atoms with Gasteiger partial charge in [0.1, 0.15) is 12.6 Å². The van der Waals surface area contributed by atoms with Crippen molar-refractivity contribution in [3.63, 3.8) is 0 Å². The van der Waals surface area contributed by atoms with Crippen LogP contribution in [0.4, 0.5) is 5.69 Å². The molecule has 184 valence electrons. The number of sulfonamides is 1. The fraction of sp³-hybridized carbons (Fsp3) is 0.417. The number of nitrogens with one attached hydrogen (secondary N) is 1. The van der Waals surface area contributed by atoms with E-state index in [0.29, 0.717) is 18.0 Å². The fourth-order valence-electron chi connectivity index (χ4n) is 3.52. The number of hydrogen-bond donors (Lipinski definition) is 1. The maximum absolute atomic E-state index is 13.5. The molecule has 1 atom stereocenters. The van der Waals surface area contributed by atoms with Gasteiger partial charge in [0.25, 0.3) is 0 Å². The van der Waals surface area contributed by atoms with E-state index in [9.17, 15) is 18.0 Å². The van der Waals surface area contributed by atoms with Crippen LogP contribution in [-0.2, 0) is 26.2 Å². The van der Waals surface area contributed by atoms with Crippen molar-refractivity contribution >= 4 is 27.5 Å². The summed E-state index contributed by atoms with van der Waals surface area (Å²) in [6.07, 6.45) is 1.79. The Bertz CT molecular complexity index is 1130. The first-order valence-corrected chi connectivity index (χ1v) is 12.9. The minimum atomic E-state index is -3.81. The first-order valence-electron chi connectivity index (χ1n) is 11.1. The van der Waals surface area contributed by atoms with Crippen LogP contribution in [0.5, 0.6) is 11.5 Å². The molecule has 0 spiro atoms. The third-order valence-corrected chi connectivity index (χ3v) is 6.65. The maximum atomic E-state index is 13.5. The number of anilines is 1. The molecule has 34 heavy (non-hydrogen) atoms. The molecule has 2 aromatic rings. The van der Waals surface area contributed by atoms with Crippen LogP contribution in [0.2, 0.25) is 0 Å². The standard InChI is InChI=1S/C24H31N3O6S/c1-5-12-25-24(29)18(3)26(14-19-8-6-17(2)7-9-19)23(28)15-27(34(4,30)31)20-10-11-21-22(13-20)33-16-32-21/h6-11,13,18H,5,12,14-16H2,1-4H3,(H,25,29). The lowest BCUT2D eigenvalue weighted by Gasteiger charge is -2.31. The van der Waals surface area contributed by atoms with Gasteiger partial charge in [-0.25, -0.2) is 8.42 Å². The van der Waals surface area contributed by atoms with Crippen molar-refractivity contribution in [1.29, 1.82) is 0 Å². The summed E-state index contributed by atoms with van der Waals surface area (Å²) in [5, 5.41) is 2.81. The van der Waals surface area contributed by atoms with E-state index < -0.39 is 28.5 Å². The fourth-order valence-corrected chi connectivity index (χ4v) is 4.36. The van der Waals surface area contributed by atoms with Gasteiger partial charge in [0.05, 0.1) is 11.9 Å². The predicted octanol–water partition coefficient (Wildman–Crippen LogP) is 2.43. The molecule has 2 amide bonds. The van der Waals surface area contributed by atoms with Gasteiger partial charge in [0.15, 0.2) is 11.5 Å². The molecule has 1 N–H and O–H groups in total. The maximum Gasteiger partial charge on any atom is 0.244 e. The van der Waals surface area contributed by atoms with E-state index in [0.717, 1.165) is 28.1 Å². The van der Waals surface area contributed by atoms with Gasteiger partial charge in [0.2, 0.25) is 28.6 Å². The molecule has 0 bridgehead atoms. The molecule has 1 aliphatic heterocycles. The van der Waals surface area contributed by atoms with Crippen molar-refractivity contribution in [1.82, 2.24) is 10.2 Å². The van der Waals surface area contributed by atoms with E-state index in [2.05, 4.69) is 5.32 Å². The van der Waals surface area contributed by atoms with Crippen LogP contribution >= 0.6 is 0 Å². The summed E-state index contributed by atoms with van der Waals surface area (Å²) in [6, 6.07) is 11.5. The lowest BCUT2D eigenvalue weighted by Crippen LogP contribution is -2.51. The predicted molar refractivity (Wildman–Crippen MR) is 129 cm³/mol. The van der Waals surface area contributed by atoms with Gasteiger partial charge in [-0.3, -0.25) is 13.9 Å². The summed E-state index contributed by atoms with van der Waals surface area (Å²) in [4.78, 5) is 27.6. The minimum absolute atomic E-state index is 0.0469. The average Bonchev–Trinajstić information content (AvgIpc) is 3.27. The van der Waals surface area contributed by atoms with Crippen molar-refractivity contribution in [2.24, 2.45) is 0 Å². The Morgan fingerprint density at radius 1 is 1.09 bits per heavy atom. The van der Waals surface area contributed by atoms with Crippen molar-refractivity contribution in [3.8, 4) is 11.5 Å². The average molecular weight is 490 g/mol. The molecule has 2 aromatic carbocycles. The number of carbonyl (C=O) groups excluding carboxylic acids is 2. The third-order valence-electron chi connectivity index (χ3n) is 5.51. The summed E-state index contributed by atoms with van der Waals surface area (Å²) in [7, 11) is -3.81. The number of aryl methyl sites for hydroxylation is 1. The van der Waals surface area contributed by atoms with Crippen molar-refractivity contribution < 1.29 is 27.5 Å². The van der Waals surface area contributed by atoms with E-state index in [4.69, 9.17) is 9.47 Å². The Kier molecular flexibility index (Phi) is 8.03. The molecule has 0 radical (unpaired) electrons. The van der Waals surface area contributed by atoms with Gasteiger partial charge < -0.3 is 19.7 Å². The second-order valence-electron chi connectivity index (χ2n) is 8.28. The molecule has 0 saturated heterocycles. The minimum Gasteiger partial charge on any atom is -0.454 e. The lowest BCUT2D eigenvalue weighted by molar-refractivity contribution is -0.139. The molecule has 1 unspecified atom stereocenters. The Hall–Kier alpha value is -3.27. The lowest BCUT2D eigenvalue weighted by atomic mass is 10.1. The van der Waals surface area contributed by atoms with E-state index in [-0.39, 0.29) is 24.9 Å². The number of carbonyl (C=O) groups is 2. The normalized spacial score (nSPS) is 13.3. The van der Waals surface area contributed by atoms with Gasteiger partial charge in [-0.15, -0.1) is 0 Å². The molecule has 0 aliphatic carbocycles. The SMILES string of the molecule is CCCNC(=O)C(C)N(Cc1ccc(C)cc1)C(=O)CN(c1ccc2c(c1)OCO2)S(C)(=O)=O. The van der Waals surface area contributed by atoms with Crippen molar-refractivity contribution in [2.75, 3.05) is 30.4 Å². The van der Waals surface area contributed by atoms with Gasteiger partial charge in [0, 0.05) is 19.2 Å². The first-order chi connectivity index (χ1) is 16.1. The summed E-state index contributed by atoms with van der Waals surface area (Å²) >= 11 is 0. The Morgan fingerprint density at radius 3 is 2.41 bits per heavy atom. The zero-order valence-electron chi connectivity index (χ0n) is 19.9. The van der Waals surface area contributed by atoms with Crippen LogP contribution in [0.15, 0.2) is 42.5 Å². The van der Waals surface area contributed by atoms with Crippen LogP contribution in [0.1, 0.15) is 31.4 Å². The molecule has 1 heterocycles. The summed E-state index contributed by atoms with van der Waals surface area (Å²) in [5.74, 6) is 0.118. The molecule has 10 heteroatoms. The van der Waals surface area contributed by atoms with Gasteiger partial charge >= 0.3 is 0 Å². The molecule has 0 saturated carbocycles. The summed E-state index contributed by atoms with van der Waals surface area (Å²) < 4.78 is 36.9. The van der Waals surface area contributed by atoms with Crippen LogP contribution in [0.3, 0.4) is 0 Å². The molecular formula is C24H31N3O6S. The summed E-state index contributed by atoms with van der Waals surface area (Å²) in [5.41, 5.74) is 2.18. The number of rotatable bonds is 10. The van der Waals surface area contributed by atoms with Crippen LogP contribution in [0, 0.1) is 6.92 Å². The number of ether oxygens (including phenoxy) is 2. The van der Waals surface area contributed by atoms with E-state index in [1.54, 1.807) is 19.1 Å². The van der Waals surface area contributed by atoms with Gasteiger partial charge in [-0.1, -0.05) is 36.8 Å². The molecular weight excluding hydrogens is 458 g/mol. The van der Waals surface area contributed by atoms with Crippen LogP contribution in [-0.4, -0.2) is 57.3 Å². The largest absolute Gasteiger partial charge is 0.454 e. The van der Waals surface area contributed by atoms with Gasteiger partial charge in [-0.2, -0.15) is 0 Å². The Labute approximate surface area is 200 Å². The summed E-state index contributed by atoms with van der Waals surface area (Å²) in [6.45, 7) is 5.78. The number of benzene rings is 2. The first kappa shape index (κ1) is 25.4. The molecule has 0 aromatic heterocycles. The highest BCUT2D eigenvalue weighted by Gasteiger charge is 2.30. The second kappa shape index (κ2) is 10.8. The quantitative estimate of drug-likeness (QED) is 0.550. The second-order valence-corrected chi connectivity index (χ2v) is 10.2. The number of fused-ring (bicyclic) bond motifs is 1. The molecule has 0 fully saturated rings.